The lowest BCUT2D eigenvalue weighted by Gasteiger charge is -2.04. The van der Waals surface area contributed by atoms with Crippen molar-refractivity contribution in [3.63, 3.8) is 0 Å². The first-order valence-corrected chi connectivity index (χ1v) is 7.01. The second-order valence-electron chi connectivity index (χ2n) is 3.80. The molecule has 1 heterocycles. The Labute approximate surface area is 105 Å². The van der Waals surface area contributed by atoms with Gasteiger partial charge >= 0.3 is 0 Å². The predicted molar refractivity (Wildman–Crippen MR) is 64.9 cm³/mol. The Balaban J connectivity index is 1.96. The molecule has 0 saturated carbocycles. The highest BCUT2D eigenvalue weighted by Crippen LogP contribution is 2.05. The van der Waals surface area contributed by atoms with Crippen molar-refractivity contribution in [2.45, 2.75) is 19.2 Å². The van der Waals surface area contributed by atoms with Crippen LogP contribution in [0.1, 0.15) is 17.3 Å². The van der Waals surface area contributed by atoms with Crippen LogP contribution in [0.25, 0.3) is 0 Å². The zero-order chi connectivity index (χ0) is 13.0. The van der Waals surface area contributed by atoms with Crippen molar-refractivity contribution in [2.24, 2.45) is 0 Å². The summed E-state index contributed by atoms with van der Waals surface area (Å²) in [6, 6.07) is 8.95. The fourth-order valence-corrected chi connectivity index (χ4v) is 2.50. The van der Waals surface area contributed by atoms with Crippen molar-refractivity contribution in [1.29, 1.82) is 0 Å². The van der Waals surface area contributed by atoms with Crippen LogP contribution in [0.4, 0.5) is 0 Å². The third kappa shape index (κ3) is 3.64. The molecular formula is C11H13N3O3S. The van der Waals surface area contributed by atoms with E-state index in [9.17, 15) is 8.42 Å². The molecule has 2 aromatic rings. The molecule has 0 spiro atoms. The van der Waals surface area contributed by atoms with Gasteiger partial charge in [0.1, 0.15) is 0 Å². The summed E-state index contributed by atoms with van der Waals surface area (Å²) in [5.41, 5.74) is 0.728. The number of sulfonamides is 1. The van der Waals surface area contributed by atoms with E-state index in [2.05, 4.69) is 14.9 Å². The van der Waals surface area contributed by atoms with Gasteiger partial charge in [-0.25, -0.2) is 13.1 Å². The molecule has 0 aliphatic carbocycles. The molecule has 0 fully saturated rings. The van der Waals surface area contributed by atoms with Gasteiger partial charge in [-0.15, -0.1) is 0 Å². The van der Waals surface area contributed by atoms with E-state index in [1.54, 1.807) is 31.2 Å². The molecular weight excluding hydrogens is 254 g/mol. The van der Waals surface area contributed by atoms with E-state index in [-0.39, 0.29) is 18.2 Å². The first-order valence-electron chi connectivity index (χ1n) is 5.35. The smallest absolute Gasteiger partial charge is 0.241 e. The molecule has 18 heavy (non-hydrogen) atoms. The van der Waals surface area contributed by atoms with E-state index >= 15 is 0 Å². The molecule has 0 amide bonds. The Morgan fingerprint density at radius 1 is 1.28 bits per heavy atom. The van der Waals surface area contributed by atoms with Gasteiger partial charge in [-0.3, -0.25) is 0 Å². The quantitative estimate of drug-likeness (QED) is 0.873. The number of benzene rings is 1. The maximum absolute atomic E-state index is 11.8. The summed E-state index contributed by atoms with van der Waals surface area (Å²) >= 11 is 0. The van der Waals surface area contributed by atoms with Crippen LogP contribution >= 0.6 is 0 Å². The van der Waals surface area contributed by atoms with E-state index < -0.39 is 10.0 Å². The number of nitrogens with one attached hydrogen (secondary N) is 1. The van der Waals surface area contributed by atoms with Crippen LogP contribution in [-0.4, -0.2) is 18.6 Å². The first kappa shape index (κ1) is 12.7. The monoisotopic (exact) mass is 267 g/mol. The molecule has 2 rings (SSSR count). The summed E-state index contributed by atoms with van der Waals surface area (Å²) in [7, 11) is -3.40. The van der Waals surface area contributed by atoms with E-state index in [0.717, 1.165) is 5.56 Å². The van der Waals surface area contributed by atoms with Gasteiger partial charge in [0.2, 0.25) is 15.9 Å². The van der Waals surface area contributed by atoms with Gasteiger partial charge in [0.15, 0.2) is 5.82 Å². The molecule has 1 N–H and O–H groups in total. The van der Waals surface area contributed by atoms with Crippen molar-refractivity contribution in [3.8, 4) is 0 Å². The summed E-state index contributed by atoms with van der Waals surface area (Å²) in [4.78, 5) is 3.92. The minimum atomic E-state index is -3.40. The Hall–Kier alpha value is -1.73. The van der Waals surface area contributed by atoms with Gasteiger partial charge in [0.25, 0.3) is 0 Å². The van der Waals surface area contributed by atoms with Crippen molar-refractivity contribution in [1.82, 2.24) is 14.9 Å². The number of rotatable bonds is 5. The van der Waals surface area contributed by atoms with Crippen LogP contribution in [0.5, 0.6) is 0 Å². The maximum atomic E-state index is 11.8. The third-order valence-corrected chi connectivity index (χ3v) is 3.51. The van der Waals surface area contributed by atoms with E-state index in [0.29, 0.717) is 5.82 Å². The summed E-state index contributed by atoms with van der Waals surface area (Å²) < 4.78 is 30.8. The molecule has 7 heteroatoms. The van der Waals surface area contributed by atoms with Crippen LogP contribution in [0.2, 0.25) is 0 Å². The highest BCUT2D eigenvalue weighted by Gasteiger charge is 2.13. The van der Waals surface area contributed by atoms with Gasteiger partial charge in [0, 0.05) is 0 Å². The van der Waals surface area contributed by atoms with Crippen molar-refractivity contribution in [2.75, 3.05) is 0 Å². The lowest BCUT2D eigenvalue weighted by Crippen LogP contribution is -2.24. The standard InChI is InChI=1S/C11H13N3O3S/c1-9-13-11(17-14-9)7-12-18(15,16)8-10-5-3-2-4-6-10/h2-6,12H,7-8H2,1H3. The van der Waals surface area contributed by atoms with Crippen molar-refractivity contribution in [3.05, 3.63) is 47.6 Å². The van der Waals surface area contributed by atoms with Crippen LogP contribution in [0.15, 0.2) is 34.9 Å². The molecule has 0 aliphatic rings. The van der Waals surface area contributed by atoms with Crippen LogP contribution in [0, 0.1) is 6.92 Å². The number of aromatic nitrogens is 2. The van der Waals surface area contributed by atoms with Gasteiger partial charge in [0.05, 0.1) is 12.3 Å². The molecule has 0 unspecified atom stereocenters. The average Bonchev–Trinajstić information content (AvgIpc) is 2.74. The fourth-order valence-electron chi connectivity index (χ4n) is 1.43. The zero-order valence-electron chi connectivity index (χ0n) is 9.83. The van der Waals surface area contributed by atoms with Gasteiger partial charge in [-0.05, 0) is 12.5 Å². The zero-order valence-corrected chi connectivity index (χ0v) is 10.6. The maximum Gasteiger partial charge on any atom is 0.241 e. The van der Waals surface area contributed by atoms with Gasteiger partial charge in [-0.1, -0.05) is 35.5 Å². The largest absolute Gasteiger partial charge is 0.338 e. The summed E-state index contributed by atoms with van der Waals surface area (Å²) in [6.45, 7) is 1.68. The van der Waals surface area contributed by atoms with Gasteiger partial charge in [-0.2, -0.15) is 4.98 Å². The Morgan fingerprint density at radius 3 is 2.61 bits per heavy atom. The molecule has 0 saturated heterocycles. The normalized spacial score (nSPS) is 11.6. The fraction of sp³-hybridized carbons (Fsp3) is 0.273. The van der Waals surface area contributed by atoms with E-state index in [1.165, 1.54) is 0 Å². The Morgan fingerprint density at radius 2 is 2.00 bits per heavy atom. The topological polar surface area (TPSA) is 85.1 Å². The number of hydrogen-bond donors (Lipinski definition) is 1. The highest BCUT2D eigenvalue weighted by molar-refractivity contribution is 7.88. The third-order valence-electron chi connectivity index (χ3n) is 2.21. The van der Waals surface area contributed by atoms with Crippen molar-refractivity contribution >= 4 is 10.0 Å². The molecule has 1 aromatic carbocycles. The minimum absolute atomic E-state index is 0.00993. The molecule has 0 bridgehead atoms. The second kappa shape index (κ2) is 5.28. The molecule has 0 aliphatic heterocycles. The molecule has 0 atom stereocenters. The molecule has 0 radical (unpaired) electrons. The van der Waals surface area contributed by atoms with Crippen LogP contribution < -0.4 is 4.72 Å². The van der Waals surface area contributed by atoms with Crippen LogP contribution in [0.3, 0.4) is 0 Å². The second-order valence-corrected chi connectivity index (χ2v) is 5.61. The van der Waals surface area contributed by atoms with E-state index in [4.69, 9.17) is 4.52 Å². The molecule has 1 aromatic heterocycles. The number of aryl methyl sites for hydroxylation is 1. The summed E-state index contributed by atoms with van der Waals surface area (Å²) in [5, 5.41) is 3.58. The number of nitrogens with zero attached hydrogens (tertiary/aromatic N) is 2. The lowest BCUT2D eigenvalue weighted by atomic mass is 10.2. The average molecular weight is 267 g/mol. The minimum Gasteiger partial charge on any atom is -0.338 e. The highest BCUT2D eigenvalue weighted by atomic mass is 32.2. The Bertz CT molecular complexity index is 607. The summed E-state index contributed by atoms with van der Waals surface area (Å²) in [6.07, 6.45) is 0. The molecule has 6 nitrogen and oxygen atoms in total. The predicted octanol–water partition coefficient (Wildman–Crippen LogP) is 0.998. The first-order chi connectivity index (χ1) is 8.55. The Kier molecular flexibility index (Phi) is 3.73. The summed E-state index contributed by atoms with van der Waals surface area (Å²) in [5.74, 6) is 0.664. The molecule has 96 valence electrons. The SMILES string of the molecule is Cc1noc(CNS(=O)(=O)Cc2ccccc2)n1. The van der Waals surface area contributed by atoms with E-state index in [1.807, 2.05) is 6.07 Å². The number of hydrogen-bond acceptors (Lipinski definition) is 5. The van der Waals surface area contributed by atoms with Gasteiger partial charge < -0.3 is 4.52 Å². The van der Waals surface area contributed by atoms with Crippen LogP contribution in [-0.2, 0) is 22.3 Å². The van der Waals surface area contributed by atoms with Crippen molar-refractivity contribution < 1.29 is 12.9 Å². The lowest BCUT2D eigenvalue weighted by molar-refractivity contribution is 0.372.